The number of amides is 1. The molecular formula is C9H11NOS. The summed E-state index contributed by atoms with van der Waals surface area (Å²) in [5.41, 5.74) is 1.33. The van der Waals surface area contributed by atoms with Gasteiger partial charge >= 0.3 is 0 Å². The van der Waals surface area contributed by atoms with E-state index in [-0.39, 0.29) is 5.91 Å². The van der Waals surface area contributed by atoms with E-state index >= 15 is 0 Å². The van der Waals surface area contributed by atoms with Gasteiger partial charge in [-0.1, -0.05) is 6.92 Å². The first-order chi connectivity index (χ1) is 5.81. The maximum Gasteiger partial charge on any atom is 0.229 e. The van der Waals surface area contributed by atoms with Crippen LogP contribution in [0.25, 0.3) is 0 Å². The third-order valence-electron chi connectivity index (χ3n) is 2.16. The summed E-state index contributed by atoms with van der Waals surface area (Å²) >= 11 is 1.67. The van der Waals surface area contributed by atoms with Crippen molar-refractivity contribution in [1.82, 2.24) is 0 Å². The lowest BCUT2D eigenvalue weighted by Gasteiger charge is -2.28. The largest absolute Gasteiger partial charge is 0.303 e. The standard InChI is InChI=1S/C9H11NOS/c1-2-7-5-9(12-6-7)10-4-3-8(10)11/h5-6H,2-4H2,1H3. The van der Waals surface area contributed by atoms with E-state index in [9.17, 15) is 4.79 Å². The molecule has 1 amide bonds. The van der Waals surface area contributed by atoms with Crippen molar-refractivity contribution in [3.05, 3.63) is 17.0 Å². The molecule has 2 rings (SSSR count). The summed E-state index contributed by atoms with van der Waals surface area (Å²) < 4.78 is 0. The lowest BCUT2D eigenvalue weighted by atomic mass is 10.2. The Balaban J connectivity index is 2.17. The van der Waals surface area contributed by atoms with Crippen LogP contribution in [0, 0.1) is 0 Å². The number of nitrogens with zero attached hydrogens (tertiary/aromatic N) is 1. The van der Waals surface area contributed by atoms with Crippen LogP contribution in [-0.2, 0) is 11.2 Å². The number of anilines is 1. The van der Waals surface area contributed by atoms with Crippen LogP contribution in [0.4, 0.5) is 5.00 Å². The van der Waals surface area contributed by atoms with Crippen molar-refractivity contribution in [2.75, 3.05) is 11.4 Å². The summed E-state index contributed by atoms with van der Waals surface area (Å²) in [6.45, 7) is 3.03. The van der Waals surface area contributed by atoms with E-state index in [1.54, 1.807) is 11.3 Å². The number of hydrogen-bond donors (Lipinski definition) is 0. The predicted octanol–water partition coefficient (Wildman–Crippen LogP) is 2.05. The lowest BCUT2D eigenvalue weighted by Crippen LogP contribution is -2.42. The molecule has 12 heavy (non-hydrogen) atoms. The van der Waals surface area contributed by atoms with E-state index in [1.165, 1.54) is 5.56 Å². The second-order valence-corrected chi connectivity index (χ2v) is 3.83. The molecule has 0 radical (unpaired) electrons. The van der Waals surface area contributed by atoms with E-state index in [2.05, 4.69) is 18.4 Å². The van der Waals surface area contributed by atoms with Crippen molar-refractivity contribution in [1.29, 1.82) is 0 Å². The Hall–Kier alpha value is -0.830. The fourth-order valence-electron chi connectivity index (χ4n) is 1.24. The normalized spacial score (nSPS) is 16.4. The molecule has 0 aromatic carbocycles. The summed E-state index contributed by atoms with van der Waals surface area (Å²) in [6, 6.07) is 2.11. The van der Waals surface area contributed by atoms with Crippen LogP contribution in [-0.4, -0.2) is 12.5 Å². The molecule has 1 saturated heterocycles. The first-order valence-corrected chi connectivity index (χ1v) is 5.07. The molecule has 1 aliphatic heterocycles. The summed E-state index contributed by atoms with van der Waals surface area (Å²) in [5, 5.41) is 3.24. The minimum Gasteiger partial charge on any atom is -0.303 e. The van der Waals surface area contributed by atoms with E-state index in [0.29, 0.717) is 0 Å². The van der Waals surface area contributed by atoms with Gasteiger partial charge in [0.05, 0.1) is 5.00 Å². The van der Waals surface area contributed by atoms with Crippen molar-refractivity contribution in [2.24, 2.45) is 0 Å². The molecule has 0 N–H and O–H groups in total. The minimum absolute atomic E-state index is 0.263. The number of carbonyl (C=O) groups is 1. The van der Waals surface area contributed by atoms with Crippen molar-refractivity contribution >= 4 is 22.2 Å². The van der Waals surface area contributed by atoms with Crippen LogP contribution < -0.4 is 4.90 Å². The van der Waals surface area contributed by atoms with Crippen molar-refractivity contribution < 1.29 is 4.79 Å². The Labute approximate surface area is 75.8 Å². The van der Waals surface area contributed by atoms with Gasteiger partial charge in [-0.25, -0.2) is 0 Å². The SMILES string of the molecule is CCc1csc(N2CCC2=O)c1. The maximum atomic E-state index is 11.1. The third-order valence-corrected chi connectivity index (χ3v) is 3.16. The van der Waals surface area contributed by atoms with Crippen LogP contribution in [0.3, 0.4) is 0 Å². The molecule has 0 spiro atoms. The molecule has 2 nitrogen and oxygen atoms in total. The smallest absolute Gasteiger partial charge is 0.229 e. The van der Waals surface area contributed by atoms with Crippen molar-refractivity contribution in [3.63, 3.8) is 0 Å². The molecule has 0 aliphatic carbocycles. The maximum absolute atomic E-state index is 11.1. The van der Waals surface area contributed by atoms with E-state index in [0.717, 1.165) is 24.4 Å². The summed E-state index contributed by atoms with van der Waals surface area (Å²) in [6.07, 6.45) is 1.78. The van der Waals surface area contributed by atoms with E-state index in [1.807, 2.05) is 4.90 Å². The molecule has 3 heteroatoms. The zero-order valence-electron chi connectivity index (χ0n) is 7.04. The number of hydrogen-bond acceptors (Lipinski definition) is 2. The average molecular weight is 181 g/mol. The van der Waals surface area contributed by atoms with Gasteiger partial charge in [-0.3, -0.25) is 4.79 Å². The Morgan fingerprint density at radius 2 is 2.50 bits per heavy atom. The summed E-state index contributed by atoms with van der Waals surface area (Å²) in [7, 11) is 0. The van der Waals surface area contributed by atoms with Crippen LogP contribution in [0.1, 0.15) is 18.9 Å². The minimum atomic E-state index is 0.263. The third kappa shape index (κ3) is 1.14. The van der Waals surface area contributed by atoms with Gasteiger partial charge in [0.2, 0.25) is 5.91 Å². The van der Waals surface area contributed by atoms with Crippen LogP contribution >= 0.6 is 11.3 Å². The molecular weight excluding hydrogens is 170 g/mol. The molecule has 0 unspecified atom stereocenters. The van der Waals surface area contributed by atoms with Gasteiger partial charge in [0.15, 0.2) is 0 Å². The lowest BCUT2D eigenvalue weighted by molar-refractivity contribution is -0.122. The number of thiophene rings is 1. The fraction of sp³-hybridized carbons (Fsp3) is 0.444. The fourth-order valence-corrected chi connectivity index (χ4v) is 2.28. The van der Waals surface area contributed by atoms with Gasteiger partial charge in [0.25, 0.3) is 0 Å². The Kier molecular flexibility index (Phi) is 1.89. The second-order valence-electron chi connectivity index (χ2n) is 2.94. The highest BCUT2D eigenvalue weighted by molar-refractivity contribution is 7.14. The van der Waals surface area contributed by atoms with Crippen molar-refractivity contribution in [3.8, 4) is 0 Å². The highest BCUT2D eigenvalue weighted by Gasteiger charge is 2.25. The van der Waals surface area contributed by atoms with Crippen LogP contribution in [0.2, 0.25) is 0 Å². The van der Waals surface area contributed by atoms with E-state index in [4.69, 9.17) is 0 Å². The zero-order chi connectivity index (χ0) is 8.55. The molecule has 64 valence electrons. The molecule has 1 fully saturated rings. The van der Waals surface area contributed by atoms with Gasteiger partial charge in [-0.15, -0.1) is 11.3 Å². The first-order valence-electron chi connectivity index (χ1n) is 4.19. The highest BCUT2D eigenvalue weighted by Crippen LogP contribution is 2.29. The molecule has 1 aliphatic rings. The highest BCUT2D eigenvalue weighted by atomic mass is 32.1. The zero-order valence-corrected chi connectivity index (χ0v) is 7.86. The molecule has 0 saturated carbocycles. The summed E-state index contributed by atoms with van der Waals surface area (Å²) in [4.78, 5) is 12.9. The van der Waals surface area contributed by atoms with Gasteiger partial charge in [0.1, 0.15) is 0 Å². The quantitative estimate of drug-likeness (QED) is 0.639. The van der Waals surface area contributed by atoms with Gasteiger partial charge in [0, 0.05) is 13.0 Å². The first kappa shape index (κ1) is 7.80. The average Bonchev–Trinajstić information content (AvgIpc) is 2.50. The monoisotopic (exact) mass is 181 g/mol. The van der Waals surface area contributed by atoms with Gasteiger partial charge in [-0.05, 0) is 23.4 Å². The van der Waals surface area contributed by atoms with Gasteiger partial charge < -0.3 is 4.90 Å². The predicted molar refractivity (Wildman–Crippen MR) is 50.7 cm³/mol. The Bertz CT molecular complexity index is 305. The molecule has 2 heterocycles. The summed E-state index contributed by atoms with van der Waals surface area (Å²) in [5.74, 6) is 0.263. The number of carbonyl (C=O) groups excluding carboxylic acids is 1. The molecule has 1 aromatic heterocycles. The van der Waals surface area contributed by atoms with E-state index < -0.39 is 0 Å². The van der Waals surface area contributed by atoms with Crippen molar-refractivity contribution in [2.45, 2.75) is 19.8 Å². The second kappa shape index (κ2) is 2.90. The number of aryl methyl sites for hydroxylation is 1. The Morgan fingerprint density at radius 3 is 2.92 bits per heavy atom. The topological polar surface area (TPSA) is 20.3 Å². The molecule has 0 bridgehead atoms. The van der Waals surface area contributed by atoms with Crippen LogP contribution in [0.15, 0.2) is 11.4 Å². The molecule has 0 atom stereocenters. The Morgan fingerprint density at radius 1 is 1.67 bits per heavy atom. The molecule has 1 aromatic rings. The van der Waals surface area contributed by atoms with Crippen LogP contribution in [0.5, 0.6) is 0 Å². The number of rotatable bonds is 2. The number of β-lactam (4-membered cyclic amide) rings is 1. The van der Waals surface area contributed by atoms with Gasteiger partial charge in [-0.2, -0.15) is 0 Å².